The monoisotopic (exact) mass is 336 g/mol. The Bertz CT molecular complexity index is 569. The molecule has 0 aliphatic heterocycles. The molecule has 1 atom stereocenters. The molecule has 1 unspecified atom stereocenters. The van der Waals surface area contributed by atoms with Gasteiger partial charge in [0.2, 0.25) is 0 Å². The van der Waals surface area contributed by atoms with Crippen LogP contribution in [-0.4, -0.2) is 6.04 Å². The van der Waals surface area contributed by atoms with Gasteiger partial charge in [0.15, 0.2) is 0 Å². The van der Waals surface area contributed by atoms with Gasteiger partial charge in [0.05, 0.1) is 0 Å². The molecule has 2 aromatic carbocycles. The topological polar surface area (TPSA) is 38.0 Å². The maximum absolute atomic E-state index is 13.8. The van der Waals surface area contributed by atoms with Gasteiger partial charge in [0.25, 0.3) is 0 Å². The maximum atomic E-state index is 13.8. The highest BCUT2D eigenvalue weighted by atomic mass is 79.9. The number of nitrogens with one attached hydrogen (secondary N) is 1. The van der Waals surface area contributed by atoms with Crippen LogP contribution in [0.4, 0.5) is 4.39 Å². The number of hydrogen-bond donors (Lipinski definition) is 2. The van der Waals surface area contributed by atoms with Crippen LogP contribution in [0.2, 0.25) is 0 Å². The van der Waals surface area contributed by atoms with E-state index in [1.165, 1.54) is 17.2 Å². The number of aryl methyl sites for hydroxylation is 1. The van der Waals surface area contributed by atoms with Crippen molar-refractivity contribution in [3.63, 3.8) is 0 Å². The highest BCUT2D eigenvalue weighted by Gasteiger charge is 2.12. The van der Waals surface area contributed by atoms with Crippen LogP contribution in [0.5, 0.6) is 0 Å². The molecule has 0 bridgehead atoms. The van der Waals surface area contributed by atoms with E-state index in [-0.39, 0.29) is 11.9 Å². The van der Waals surface area contributed by atoms with Crippen LogP contribution in [0.1, 0.15) is 16.7 Å². The molecular formula is C16H18BrFN2. The van der Waals surface area contributed by atoms with E-state index in [4.69, 9.17) is 5.84 Å². The van der Waals surface area contributed by atoms with Crippen LogP contribution in [0.15, 0.2) is 46.9 Å². The molecule has 0 saturated heterocycles. The van der Waals surface area contributed by atoms with Crippen LogP contribution in [0.3, 0.4) is 0 Å². The Balaban J connectivity index is 2.07. The third-order valence-corrected chi connectivity index (χ3v) is 3.81. The Morgan fingerprint density at radius 1 is 1.15 bits per heavy atom. The van der Waals surface area contributed by atoms with E-state index in [0.717, 1.165) is 10.9 Å². The molecule has 106 valence electrons. The first-order chi connectivity index (χ1) is 9.58. The Labute approximate surface area is 127 Å². The number of rotatable bonds is 5. The van der Waals surface area contributed by atoms with Crippen molar-refractivity contribution in [2.45, 2.75) is 25.8 Å². The summed E-state index contributed by atoms with van der Waals surface area (Å²) < 4.78 is 14.6. The summed E-state index contributed by atoms with van der Waals surface area (Å²) in [4.78, 5) is 0. The zero-order chi connectivity index (χ0) is 14.5. The lowest BCUT2D eigenvalue weighted by atomic mass is 9.98. The van der Waals surface area contributed by atoms with E-state index < -0.39 is 0 Å². The average molecular weight is 337 g/mol. The molecule has 2 nitrogen and oxygen atoms in total. The van der Waals surface area contributed by atoms with Gasteiger partial charge in [-0.05, 0) is 43.0 Å². The van der Waals surface area contributed by atoms with Crippen molar-refractivity contribution in [1.82, 2.24) is 5.43 Å². The van der Waals surface area contributed by atoms with Crippen LogP contribution < -0.4 is 11.3 Å². The Morgan fingerprint density at radius 3 is 2.45 bits per heavy atom. The van der Waals surface area contributed by atoms with Crippen LogP contribution in [0.25, 0.3) is 0 Å². The third-order valence-electron chi connectivity index (χ3n) is 3.32. The predicted octanol–water partition coefficient (Wildman–Crippen LogP) is 3.51. The largest absolute Gasteiger partial charge is 0.271 e. The zero-order valence-electron chi connectivity index (χ0n) is 11.4. The molecule has 2 aromatic rings. The Kier molecular flexibility index (Phi) is 5.29. The second-order valence-corrected chi connectivity index (χ2v) is 5.91. The van der Waals surface area contributed by atoms with E-state index in [9.17, 15) is 4.39 Å². The summed E-state index contributed by atoms with van der Waals surface area (Å²) in [5, 5.41) is 0. The summed E-state index contributed by atoms with van der Waals surface area (Å²) in [6, 6.07) is 13.4. The van der Waals surface area contributed by atoms with Gasteiger partial charge < -0.3 is 0 Å². The zero-order valence-corrected chi connectivity index (χ0v) is 13.0. The lowest BCUT2D eigenvalue weighted by Crippen LogP contribution is -2.38. The number of hydrogen-bond acceptors (Lipinski definition) is 2. The minimum absolute atomic E-state index is 0.00776. The number of hydrazine groups is 1. The van der Waals surface area contributed by atoms with Crippen molar-refractivity contribution < 1.29 is 4.39 Å². The molecule has 0 saturated carbocycles. The molecule has 4 heteroatoms. The van der Waals surface area contributed by atoms with Gasteiger partial charge in [0.1, 0.15) is 5.82 Å². The van der Waals surface area contributed by atoms with Crippen LogP contribution in [0, 0.1) is 12.7 Å². The first kappa shape index (κ1) is 15.2. The van der Waals surface area contributed by atoms with Crippen molar-refractivity contribution in [2.24, 2.45) is 5.84 Å². The normalized spacial score (nSPS) is 12.4. The van der Waals surface area contributed by atoms with Crippen molar-refractivity contribution in [3.8, 4) is 0 Å². The lowest BCUT2D eigenvalue weighted by Gasteiger charge is -2.16. The number of benzene rings is 2. The molecule has 0 aliphatic rings. The number of halogens is 2. The summed E-state index contributed by atoms with van der Waals surface area (Å²) in [5.41, 5.74) is 5.86. The fourth-order valence-electron chi connectivity index (χ4n) is 2.15. The smallest absolute Gasteiger partial charge is 0.127 e. The fourth-order valence-corrected chi connectivity index (χ4v) is 2.48. The van der Waals surface area contributed by atoms with Gasteiger partial charge in [0, 0.05) is 10.5 Å². The highest BCUT2D eigenvalue weighted by molar-refractivity contribution is 9.10. The van der Waals surface area contributed by atoms with Gasteiger partial charge in [-0.2, -0.15) is 0 Å². The molecule has 0 aromatic heterocycles. The molecular weight excluding hydrogens is 319 g/mol. The van der Waals surface area contributed by atoms with Crippen molar-refractivity contribution in [1.29, 1.82) is 0 Å². The minimum Gasteiger partial charge on any atom is -0.271 e. The second kappa shape index (κ2) is 6.97. The van der Waals surface area contributed by atoms with Crippen molar-refractivity contribution >= 4 is 15.9 Å². The molecule has 0 amide bonds. The molecule has 0 heterocycles. The van der Waals surface area contributed by atoms with E-state index in [1.807, 2.05) is 6.07 Å². The van der Waals surface area contributed by atoms with Gasteiger partial charge >= 0.3 is 0 Å². The Morgan fingerprint density at radius 2 is 1.85 bits per heavy atom. The summed E-state index contributed by atoms with van der Waals surface area (Å²) in [5.74, 6) is 5.39. The first-order valence-corrected chi connectivity index (χ1v) is 7.33. The minimum atomic E-state index is -0.205. The van der Waals surface area contributed by atoms with Crippen molar-refractivity contribution in [3.05, 3.63) is 69.4 Å². The number of nitrogens with two attached hydrogens (primary N) is 1. The van der Waals surface area contributed by atoms with Gasteiger partial charge in [-0.15, -0.1) is 0 Å². The highest BCUT2D eigenvalue weighted by Crippen LogP contribution is 2.17. The van der Waals surface area contributed by atoms with E-state index in [0.29, 0.717) is 12.0 Å². The third kappa shape index (κ3) is 4.13. The Hall–Kier alpha value is -1.23. The van der Waals surface area contributed by atoms with Crippen LogP contribution in [-0.2, 0) is 12.8 Å². The standard InChI is InChI=1S/C16H18BrFN2/c1-11-2-4-12(5-3-11)8-15(20-19)9-13-6-7-14(17)10-16(13)18/h2-7,10,15,20H,8-9,19H2,1H3. The second-order valence-electron chi connectivity index (χ2n) is 4.99. The molecule has 0 spiro atoms. The van der Waals surface area contributed by atoms with Gasteiger partial charge in [-0.3, -0.25) is 11.3 Å². The first-order valence-electron chi connectivity index (χ1n) is 6.54. The summed E-state index contributed by atoms with van der Waals surface area (Å²) in [7, 11) is 0. The molecule has 0 radical (unpaired) electrons. The SMILES string of the molecule is Cc1ccc(CC(Cc2ccc(Br)cc2F)NN)cc1. The van der Waals surface area contributed by atoms with E-state index in [2.05, 4.69) is 52.5 Å². The predicted molar refractivity (Wildman–Crippen MR) is 83.8 cm³/mol. The molecule has 20 heavy (non-hydrogen) atoms. The molecule has 2 rings (SSSR count). The van der Waals surface area contributed by atoms with Gasteiger partial charge in [-0.25, -0.2) is 4.39 Å². The quantitative estimate of drug-likeness (QED) is 0.647. The average Bonchev–Trinajstić information content (AvgIpc) is 2.43. The van der Waals surface area contributed by atoms with Crippen molar-refractivity contribution in [2.75, 3.05) is 0 Å². The fraction of sp³-hybridized carbons (Fsp3) is 0.250. The molecule has 3 N–H and O–H groups in total. The lowest BCUT2D eigenvalue weighted by molar-refractivity contribution is 0.506. The summed E-state index contributed by atoms with van der Waals surface area (Å²) in [6.07, 6.45) is 1.33. The maximum Gasteiger partial charge on any atom is 0.127 e. The summed E-state index contributed by atoms with van der Waals surface area (Å²) >= 11 is 3.26. The van der Waals surface area contributed by atoms with Crippen LogP contribution >= 0.6 is 15.9 Å². The van der Waals surface area contributed by atoms with E-state index in [1.54, 1.807) is 6.07 Å². The van der Waals surface area contributed by atoms with E-state index >= 15 is 0 Å². The summed E-state index contributed by atoms with van der Waals surface area (Å²) in [6.45, 7) is 2.06. The molecule has 0 fully saturated rings. The van der Waals surface area contributed by atoms with Gasteiger partial charge in [-0.1, -0.05) is 51.8 Å². The molecule has 0 aliphatic carbocycles.